The van der Waals surface area contributed by atoms with E-state index in [2.05, 4.69) is 141 Å². The van der Waals surface area contributed by atoms with Crippen LogP contribution in [0.1, 0.15) is 89.6 Å². The first-order chi connectivity index (χ1) is 21.7. The van der Waals surface area contributed by atoms with Crippen molar-refractivity contribution in [2.75, 3.05) is 0 Å². The number of halogens is 2. The minimum atomic E-state index is -4.80. The normalized spacial score (nSPS) is 18.2. The quantitative estimate of drug-likeness (QED) is 0.165. The zero-order valence-electron chi connectivity index (χ0n) is 29.3. The van der Waals surface area contributed by atoms with Crippen molar-refractivity contribution in [3.63, 3.8) is 0 Å². The molecule has 4 aromatic rings. The van der Waals surface area contributed by atoms with Gasteiger partial charge in [0.25, 0.3) is 0 Å². The molecule has 0 aliphatic heterocycles. The van der Waals surface area contributed by atoms with E-state index in [9.17, 15) is 0 Å². The van der Waals surface area contributed by atoms with Gasteiger partial charge in [0, 0.05) is 0 Å². The Morgan fingerprint density at radius 1 is 0.543 bits per heavy atom. The van der Waals surface area contributed by atoms with Crippen molar-refractivity contribution in [2.45, 2.75) is 88.6 Å². The average Bonchev–Trinajstić information content (AvgIpc) is 3.61. The summed E-state index contributed by atoms with van der Waals surface area (Å²) in [5.41, 5.74) is 21.5. The van der Waals surface area contributed by atoms with E-state index in [0.717, 1.165) is 12.8 Å². The summed E-state index contributed by atoms with van der Waals surface area (Å²) in [5.74, 6) is -1.61. The van der Waals surface area contributed by atoms with Gasteiger partial charge in [-0.15, -0.1) is 0 Å². The first-order valence-electron chi connectivity index (χ1n) is 17.1. The van der Waals surface area contributed by atoms with Crippen LogP contribution in [0.5, 0.6) is 0 Å². The number of allylic oxidation sites excluding steroid dienone is 2. The van der Waals surface area contributed by atoms with Crippen molar-refractivity contribution < 1.29 is 15.6 Å². The first-order valence-corrected chi connectivity index (χ1v) is 33.4. The Labute approximate surface area is 286 Å². The molecular weight excluding hydrogens is 695 g/mol. The maximum absolute atomic E-state index is 8.65. The molecule has 239 valence electrons. The van der Waals surface area contributed by atoms with Gasteiger partial charge < -0.3 is 0 Å². The van der Waals surface area contributed by atoms with E-state index in [1.165, 1.54) is 89.0 Å². The molecule has 0 aromatic heterocycles. The van der Waals surface area contributed by atoms with Crippen LogP contribution in [0.15, 0.2) is 71.8 Å². The molecule has 0 N–H and O–H groups in total. The zero-order valence-corrected chi connectivity index (χ0v) is 34.5. The van der Waals surface area contributed by atoms with Crippen molar-refractivity contribution in [1.82, 2.24) is 0 Å². The second-order valence-electron chi connectivity index (χ2n) is 14.5. The van der Waals surface area contributed by atoms with E-state index >= 15 is 0 Å². The number of fused-ring (bicyclic) bond motifs is 2. The van der Waals surface area contributed by atoms with Crippen molar-refractivity contribution in [3.05, 3.63) is 127 Å². The fourth-order valence-corrected chi connectivity index (χ4v) is 40.4. The molecule has 2 aliphatic carbocycles. The summed E-state index contributed by atoms with van der Waals surface area (Å²) in [6.45, 7) is 22.9. The molecule has 0 fully saturated rings. The monoisotopic (exact) mass is 741 g/mol. The van der Waals surface area contributed by atoms with Crippen LogP contribution in [0.4, 0.5) is 0 Å². The molecule has 0 spiro atoms. The van der Waals surface area contributed by atoms with Crippen LogP contribution in [0.2, 0.25) is 13.1 Å². The van der Waals surface area contributed by atoms with Crippen LogP contribution in [0.25, 0.3) is 34.4 Å². The summed E-state index contributed by atoms with van der Waals surface area (Å²) in [5, 5.41) is 0. The van der Waals surface area contributed by atoms with Gasteiger partial charge in [-0.2, -0.15) is 0 Å². The van der Waals surface area contributed by atoms with E-state index < -0.39 is 21.5 Å². The van der Waals surface area contributed by atoms with Gasteiger partial charge in [0.1, 0.15) is 0 Å². The number of hydrogen-bond acceptors (Lipinski definition) is 0. The molecule has 0 heterocycles. The van der Waals surface area contributed by atoms with Crippen LogP contribution in [0, 0.1) is 41.5 Å². The summed E-state index contributed by atoms with van der Waals surface area (Å²) in [7, 11) is 17.3. The van der Waals surface area contributed by atoms with Crippen LogP contribution in [-0.2, 0) is 15.6 Å². The average molecular weight is 744 g/mol. The summed E-state index contributed by atoms with van der Waals surface area (Å²) in [6, 6.07) is 23.3. The Kier molecular flexibility index (Phi) is 8.98. The molecule has 0 saturated carbocycles. The molecule has 0 bridgehead atoms. The molecule has 46 heavy (non-hydrogen) atoms. The Morgan fingerprint density at radius 3 is 1.26 bits per heavy atom. The minimum absolute atomic E-state index is 0.112. The number of aryl methyl sites for hydroxylation is 6. The SMILES string of the molecule is CCC1=Cc2c(-c3cc(C)c(C)cc3C)cccc2[CH]1[Zr]([Cl])([Cl])([CH]1C(CC)=Cc2c(-c3cc(C)c(C)cc3C)cccc21)[SiH](C)C. The third-order valence-corrected chi connectivity index (χ3v) is 63.4. The van der Waals surface area contributed by atoms with Crippen LogP contribution < -0.4 is 0 Å². The van der Waals surface area contributed by atoms with Crippen LogP contribution >= 0.6 is 17.0 Å². The van der Waals surface area contributed by atoms with Crippen molar-refractivity contribution in [3.8, 4) is 22.3 Å². The maximum atomic E-state index is 8.65. The second kappa shape index (κ2) is 12.2. The number of benzene rings is 4. The molecule has 0 nitrogen and oxygen atoms in total. The molecule has 4 heteroatoms. The first kappa shape index (κ1) is 33.9. The van der Waals surface area contributed by atoms with Gasteiger partial charge in [-0.05, 0) is 0 Å². The Morgan fingerprint density at radius 2 is 0.913 bits per heavy atom. The summed E-state index contributed by atoms with van der Waals surface area (Å²) in [6.07, 6.45) is 6.89. The summed E-state index contributed by atoms with van der Waals surface area (Å²) < 4.78 is 0.224. The van der Waals surface area contributed by atoms with E-state index in [4.69, 9.17) is 17.0 Å². The molecular formula is C42H49Cl2SiZr. The van der Waals surface area contributed by atoms with Crippen LogP contribution in [-0.4, -0.2) is 5.92 Å². The fourth-order valence-electron chi connectivity index (χ4n) is 8.65. The van der Waals surface area contributed by atoms with Gasteiger partial charge >= 0.3 is 289 Å². The molecule has 0 amide bonds. The molecule has 4 aromatic carbocycles. The Balaban J connectivity index is 1.59. The third kappa shape index (κ3) is 5.08. The van der Waals surface area contributed by atoms with Crippen molar-refractivity contribution >= 4 is 35.1 Å². The molecule has 2 aliphatic rings. The number of hydrogen-bond donors (Lipinski definition) is 0. The summed E-state index contributed by atoms with van der Waals surface area (Å²) >= 11 is -4.80. The van der Waals surface area contributed by atoms with Crippen LogP contribution in [0.3, 0.4) is 0 Å². The van der Waals surface area contributed by atoms with Gasteiger partial charge in [-0.3, -0.25) is 0 Å². The van der Waals surface area contributed by atoms with Crippen molar-refractivity contribution in [1.29, 1.82) is 0 Å². The zero-order chi connectivity index (χ0) is 33.3. The van der Waals surface area contributed by atoms with Gasteiger partial charge in [-0.25, -0.2) is 0 Å². The van der Waals surface area contributed by atoms with E-state index in [1.54, 1.807) is 0 Å². The Hall–Kier alpha value is -1.96. The number of rotatable bonds is 7. The van der Waals surface area contributed by atoms with Gasteiger partial charge in [0.15, 0.2) is 0 Å². The fraction of sp³-hybridized carbons (Fsp3) is 0.333. The molecule has 2 unspecified atom stereocenters. The van der Waals surface area contributed by atoms with E-state index in [0.29, 0.717) is 0 Å². The van der Waals surface area contributed by atoms with Gasteiger partial charge in [-0.1, -0.05) is 0 Å². The molecule has 2 atom stereocenters. The second-order valence-corrected chi connectivity index (χ2v) is 57.0. The van der Waals surface area contributed by atoms with Crippen molar-refractivity contribution in [2.24, 2.45) is 0 Å². The molecule has 0 saturated heterocycles. The van der Waals surface area contributed by atoms with E-state index in [-0.39, 0.29) is 7.25 Å². The molecule has 0 radical (unpaired) electrons. The topological polar surface area (TPSA) is 0 Å². The predicted octanol–water partition coefficient (Wildman–Crippen LogP) is 13.2. The molecule has 6 rings (SSSR count). The van der Waals surface area contributed by atoms with Gasteiger partial charge in [0.05, 0.1) is 0 Å². The third-order valence-electron chi connectivity index (χ3n) is 11.6. The van der Waals surface area contributed by atoms with Gasteiger partial charge in [0.2, 0.25) is 0 Å². The van der Waals surface area contributed by atoms with E-state index in [1.807, 2.05) is 0 Å². The predicted molar refractivity (Wildman–Crippen MR) is 205 cm³/mol. The standard InChI is InChI=1S/2C20H21.C2H7Si.2ClH.Zr/c2*1-5-16-11-17-7-6-8-18(20(17)12-16)19-10-14(3)13(2)9-15(19)4;1-3-2;;;/h2*6-12H,5H2,1-4H3;3H,1-2H3;2*1H;/q;;;;;+2/p-2. The summed E-state index contributed by atoms with van der Waals surface area (Å²) in [4.78, 5) is 0. The Bertz CT molecular complexity index is 1830.